The van der Waals surface area contributed by atoms with Crippen molar-refractivity contribution in [3.63, 3.8) is 0 Å². The molecule has 0 saturated heterocycles. The van der Waals surface area contributed by atoms with Crippen molar-refractivity contribution in [3.8, 4) is 11.5 Å². The molecule has 1 N–H and O–H groups in total. The van der Waals surface area contributed by atoms with Crippen LogP contribution in [0.3, 0.4) is 0 Å². The van der Waals surface area contributed by atoms with Crippen LogP contribution in [0.2, 0.25) is 0 Å². The summed E-state index contributed by atoms with van der Waals surface area (Å²) in [5.74, 6) is -3.02. The number of aryl methyl sites for hydroxylation is 1. The lowest BCUT2D eigenvalue weighted by atomic mass is 10.2. The van der Waals surface area contributed by atoms with E-state index in [0.29, 0.717) is 28.0 Å². The van der Waals surface area contributed by atoms with Crippen molar-refractivity contribution >= 4 is 16.6 Å². The van der Waals surface area contributed by atoms with Gasteiger partial charge in [-0.1, -0.05) is 20.4 Å². The molecule has 186 valence electrons. The highest BCUT2D eigenvalue weighted by atomic mass is 19.4. The van der Waals surface area contributed by atoms with E-state index in [0.717, 1.165) is 6.92 Å². The molecule has 2 heterocycles. The lowest BCUT2D eigenvalue weighted by Crippen LogP contribution is -2.21. The van der Waals surface area contributed by atoms with E-state index in [2.05, 4.69) is 21.6 Å². The van der Waals surface area contributed by atoms with Gasteiger partial charge in [0.1, 0.15) is 11.5 Å². The normalized spacial score (nSPS) is 12.5. The van der Waals surface area contributed by atoms with Crippen LogP contribution in [-0.4, -0.2) is 28.4 Å². The number of hydrogen-bond donors (Lipinski definition) is 1. The second-order valence-corrected chi connectivity index (χ2v) is 7.48. The molecule has 0 aliphatic heterocycles. The Morgan fingerprint density at radius 1 is 1.09 bits per heavy atom. The second kappa shape index (κ2) is 10.8. The van der Waals surface area contributed by atoms with Gasteiger partial charge in [-0.15, -0.1) is 13.2 Å². The van der Waals surface area contributed by atoms with Crippen LogP contribution >= 0.6 is 0 Å². The molecule has 5 nitrogen and oxygen atoms in total. The fourth-order valence-electron chi connectivity index (χ4n) is 3.17. The zero-order chi connectivity index (χ0) is 25.7. The Kier molecular flexibility index (Phi) is 8.52. The molecule has 0 fully saturated rings. The van der Waals surface area contributed by atoms with Gasteiger partial charge < -0.3 is 19.4 Å². The zero-order valence-electron chi connectivity index (χ0n) is 19.6. The van der Waals surface area contributed by atoms with Crippen molar-refractivity contribution in [2.24, 2.45) is 7.05 Å². The lowest BCUT2D eigenvalue weighted by Gasteiger charge is -2.18. The van der Waals surface area contributed by atoms with Gasteiger partial charge in [0, 0.05) is 24.9 Å². The van der Waals surface area contributed by atoms with E-state index >= 15 is 0 Å². The van der Waals surface area contributed by atoms with Gasteiger partial charge in [0.15, 0.2) is 6.61 Å². The highest BCUT2D eigenvalue weighted by Crippen LogP contribution is 2.30. The summed E-state index contributed by atoms with van der Waals surface area (Å²) < 4.78 is 74.0. The van der Waals surface area contributed by atoms with Gasteiger partial charge in [-0.05, 0) is 43.3 Å². The van der Waals surface area contributed by atoms with E-state index in [9.17, 15) is 22.0 Å². The van der Waals surface area contributed by atoms with E-state index in [1.165, 1.54) is 24.4 Å². The first-order valence-corrected chi connectivity index (χ1v) is 10.6. The van der Waals surface area contributed by atoms with Crippen LogP contribution in [0.1, 0.15) is 45.1 Å². The number of rotatable bonds is 8. The van der Waals surface area contributed by atoms with Crippen LogP contribution in [0.4, 0.5) is 22.0 Å². The summed E-state index contributed by atoms with van der Waals surface area (Å²) in [4.78, 5) is 4.23. The molecule has 2 aromatic heterocycles. The third-order valence-corrected chi connectivity index (χ3v) is 4.64. The maximum atomic E-state index is 12.9. The van der Waals surface area contributed by atoms with Crippen LogP contribution in [0, 0.1) is 0 Å². The Morgan fingerprint density at radius 3 is 2.29 bits per heavy atom. The molecule has 1 aromatic carbocycles. The van der Waals surface area contributed by atoms with Gasteiger partial charge in [0.05, 0.1) is 29.3 Å². The van der Waals surface area contributed by atoms with Crippen LogP contribution in [0.5, 0.6) is 11.5 Å². The molecule has 3 aromatic rings. The third kappa shape index (κ3) is 7.36. The Hall–Kier alpha value is -3.30. The van der Waals surface area contributed by atoms with Crippen molar-refractivity contribution in [3.05, 3.63) is 60.6 Å². The van der Waals surface area contributed by atoms with E-state index in [1.54, 1.807) is 29.8 Å². The highest BCUT2D eigenvalue weighted by molar-refractivity contribution is 5.86. The molecule has 0 radical (unpaired) electrons. The minimum atomic E-state index is -4.77. The SMILES string of the molecule is C=C(NC(C)c1ccc(OCC(C)(F)F)cn1)c1cc2cc(OC(F)(F)F)ccc2n1C.CC. The second-order valence-electron chi connectivity index (χ2n) is 7.48. The van der Waals surface area contributed by atoms with E-state index < -0.39 is 18.9 Å². The topological polar surface area (TPSA) is 48.3 Å². The number of halogens is 5. The lowest BCUT2D eigenvalue weighted by molar-refractivity contribution is -0.274. The molecular weight excluding hydrogens is 457 g/mol. The van der Waals surface area contributed by atoms with Gasteiger partial charge >= 0.3 is 6.36 Å². The first-order valence-electron chi connectivity index (χ1n) is 10.6. The molecule has 0 bridgehead atoms. The Bertz CT molecular complexity index is 1100. The zero-order valence-corrected chi connectivity index (χ0v) is 19.6. The highest BCUT2D eigenvalue weighted by Gasteiger charge is 2.31. The summed E-state index contributed by atoms with van der Waals surface area (Å²) in [6.07, 6.45) is -3.40. The fourth-order valence-corrected chi connectivity index (χ4v) is 3.17. The molecule has 1 unspecified atom stereocenters. The summed E-state index contributed by atoms with van der Waals surface area (Å²) in [5.41, 5.74) is 2.53. The van der Waals surface area contributed by atoms with Gasteiger partial charge in [0.2, 0.25) is 0 Å². The molecule has 10 heteroatoms. The van der Waals surface area contributed by atoms with Crippen molar-refractivity contribution < 1.29 is 31.4 Å². The Labute approximate surface area is 195 Å². The number of aromatic nitrogens is 2. The average Bonchev–Trinajstić information content (AvgIpc) is 3.08. The summed E-state index contributed by atoms with van der Waals surface area (Å²) >= 11 is 0. The number of fused-ring (bicyclic) bond motifs is 1. The van der Waals surface area contributed by atoms with Crippen LogP contribution < -0.4 is 14.8 Å². The van der Waals surface area contributed by atoms with E-state index in [-0.39, 0.29) is 17.5 Å². The molecule has 1 atom stereocenters. The van der Waals surface area contributed by atoms with Gasteiger partial charge in [-0.2, -0.15) is 0 Å². The van der Waals surface area contributed by atoms with Gasteiger partial charge in [-0.25, -0.2) is 8.78 Å². The summed E-state index contributed by atoms with van der Waals surface area (Å²) in [6.45, 7) is 9.89. The molecular formula is C24H28F5N3O2. The van der Waals surface area contributed by atoms with Gasteiger partial charge in [-0.3, -0.25) is 4.98 Å². The molecule has 3 rings (SSSR count). The van der Waals surface area contributed by atoms with Gasteiger partial charge in [0.25, 0.3) is 5.92 Å². The van der Waals surface area contributed by atoms with E-state index in [4.69, 9.17) is 4.74 Å². The molecule has 0 saturated carbocycles. The predicted molar refractivity (Wildman–Crippen MR) is 122 cm³/mol. The smallest absolute Gasteiger partial charge is 0.486 e. The van der Waals surface area contributed by atoms with Crippen LogP contribution in [0.15, 0.2) is 49.2 Å². The molecule has 34 heavy (non-hydrogen) atoms. The van der Waals surface area contributed by atoms with Crippen molar-refractivity contribution in [1.82, 2.24) is 14.9 Å². The number of hydrogen-bond acceptors (Lipinski definition) is 4. The number of alkyl halides is 5. The Balaban J connectivity index is 0.00000199. The standard InChI is InChI=1S/C22H22F5N3O2.C2H6/c1-13(18-7-5-17(11-28-18)31-12-21(3,23)24)29-14(2)20-10-15-9-16(32-22(25,26)27)6-8-19(15)30(20)4;1-2/h5-11,13,29H,2,12H2,1,3-4H3;1-2H3. The number of pyridine rings is 1. The summed E-state index contributed by atoms with van der Waals surface area (Å²) in [6, 6.07) is 8.71. The molecule has 0 aliphatic rings. The quantitative estimate of drug-likeness (QED) is 0.355. The largest absolute Gasteiger partial charge is 0.573 e. The number of nitrogens with one attached hydrogen (secondary N) is 1. The number of ether oxygens (including phenoxy) is 2. The summed E-state index contributed by atoms with van der Waals surface area (Å²) in [7, 11) is 1.77. The van der Waals surface area contributed by atoms with Crippen molar-refractivity contribution in [2.45, 2.75) is 46.0 Å². The maximum Gasteiger partial charge on any atom is 0.573 e. The predicted octanol–water partition coefficient (Wildman–Crippen LogP) is 6.85. The van der Waals surface area contributed by atoms with Crippen molar-refractivity contribution in [1.29, 1.82) is 0 Å². The minimum Gasteiger partial charge on any atom is -0.486 e. The molecule has 0 aliphatic carbocycles. The molecule has 0 spiro atoms. The summed E-state index contributed by atoms with van der Waals surface area (Å²) in [5, 5.41) is 3.76. The first-order chi connectivity index (χ1) is 15.8. The monoisotopic (exact) mass is 485 g/mol. The van der Waals surface area contributed by atoms with Crippen LogP contribution in [0.25, 0.3) is 16.6 Å². The minimum absolute atomic E-state index is 0.229. The van der Waals surface area contributed by atoms with Crippen molar-refractivity contribution in [2.75, 3.05) is 6.61 Å². The van der Waals surface area contributed by atoms with E-state index in [1.807, 2.05) is 20.8 Å². The van der Waals surface area contributed by atoms with Crippen LogP contribution in [-0.2, 0) is 7.05 Å². The molecule has 0 amide bonds. The Morgan fingerprint density at radius 2 is 1.74 bits per heavy atom. The fraction of sp³-hybridized carbons (Fsp3) is 0.375. The third-order valence-electron chi connectivity index (χ3n) is 4.64. The number of benzene rings is 1. The average molecular weight is 485 g/mol. The first kappa shape index (κ1) is 26.9. The number of nitrogens with zero attached hydrogens (tertiary/aromatic N) is 2. The maximum absolute atomic E-state index is 12.9.